The molecule has 0 unspecified atom stereocenters. The molecule has 1 saturated heterocycles. The molecule has 0 bridgehead atoms. The average Bonchev–Trinajstić information content (AvgIpc) is 2.68. The summed E-state index contributed by atoms with van der Waals surface area (Å²) >= 11 is 0. The summed E-state index contributed by atoms with van der Waals surface area (Å²) in [6.07, 6.45) is 3.76. The number of carbonyl (C=O) groups excluding carboxylic acids is 1. The summed E-state index contributed by atoms with van der Waals surface area (Å²) in [6, 6.07) is 14.3. The van der Waals surface area contributed by atoms with E-state index in [1.165, 1.54) is 42.0 Å². The van der Waals surface area contributed by atoms with Crippen LogP contribution in [0, 0.1) is 10.1 Å². The number of para-hydroxylation sites is 1. The molecule has 1 fully saturated rings. The van der Waals surface area contributed by atoms with E-state index in [0.29, 0.717) is 6.54 Å². The van der Waals surface area contributed by atoms with Crippen LogP contribution in [0.15, 0.2) is 48.5 Å². The summed E-state index contributed by atoms with van der Waals surface area (Å²) < 4.78 is 0. The smallest absolute Gasteiger partial charge is 0.282 e. The maximum absolute atomic E-state index is 12.6. The van der Waals surface area contributed by atoms with Crippen molar-refractivity contribution in [2.75, 3.05) is 25.0 Å². The lowest BCUT2D eigenvalue weighted by molar-refractivity contribution is -0.385. The standard InChI is InChI=1S/C20H23N3O3/c1-21(20(24)18-7-3-4-8-19(18)23(25)26)15-16-9-11-17(12-10-16)22-13-5-2-6-14-22/h3-4,7-12H,2,5-6,13-15H2,1H3. The maximum Gasteiger partial charge on any atom is 0.282 e. The van der Waals surface area contributed by atoms with Crippen molar-refractivity contribution >= 4 is 17.3 Å². The highest BCUT2D eigenvalue weighted by atomic mass is 16.6. The van der Waals surface area contributed by atoms with E-state index in [1.807, 2.05) is 12.1 Å². The number of benzene rings is 2. The molecule has 0 saturated carbocycles. The molecule has 1 aliphatic rings. The van der Waals surface area contributed by atoms with Gasteiger partial charge in [-0.25, -0.2) is 0 Å². The van der Waals surface area contributed by atoms with Gasteiger partial charge in [0.15, 0.2) is 0 Å². The summed E-state index contributed by atoms with van der Waals surface area (Å²) in [4.78, 5) is 27.1. The summed E-state index contributed by atoms with van der Waals surface area (Å²) in [5.41, 5.74) is 2.16. The first kappa shape index (κ1) is 17.9. The number of amides is 1. The number of nitro benzene ring substituents is 1. The molecular formula is C20H23N3O3. The van der Waals surface area contributed by atoms with Crippen LogP contribution in [0.2, 0.25) is 0 Å². The van der Waals surface area contributed by atoms with Crippen LogP contribution in [-0.2, 0) is 6.54 Å². The van der Waals surface area contributed by atoms with Gasteiger partial charge < -0.3 is 9.80 Å². The molecule has 2 aromatic rings. The van der Waals surface area contributed by atoms with Gasteiger partial charge >= 0.3 is 0 Å². The number of rotatable bonds is 5. The van der Waals surface area contributed by atoms with Crippen molar-refractivity contribution in [1.29, 1.82) is 0 Å². The van der Waals surface area contributed by atoms with Crippen LogP contribution in [0.5, 0.6) is 0 Å². The quantitative estimate of drug-likeness (QED) is 0.605. The summed E-state index contributed by atoms with van der Waals surface area (Å²) in [7, 11) is 1.66. The largest absolute Gasteiger partial charge is 0.372 e. The molecule has 2 aromatic carbocycles. The topological polar surface area (TPSA) is 66.7 Å². The zero-order chi connectivity index (χ0) is 18.5. The molecule has 6 heteroatoms. The third kappa shape index (κ3) is 4.02. The second kappa shape index (κ2) is 7.99. The molecule has 0 atom stereocenters. The second-order valence-corrected chi connectivity index (χ2v) is 6.65. The van der Waals surface area contributed by atoms with Gasteiger partial charge in [0.25, 0.3) is 11.6 Å². The fourth-order valence-electron chi connectivity index (χ4n) is 3.33. The van der Waals surface area contributed by atoms with E-state index in [4.69, 9.17) is 0 Å². The fraction of sp³-hybridized carbons (Fsp3) is 0.350. The molecule has 0 aromatic heterocycles. The number of nitrogens with zero attached hydrogens (tertiary/aromatic N) is 3. The lowest BCUT2D eigenvalue weighted by atomic mass is 10.1. The Morgan fingerprint density at radius 3 is 2.38 bits per heavy atom. The Balaban J connectivity index is 1.68. The highest BCUT2D eigenvalue weighted by Crippen LogP contribution is 2.22. The fourth-order valence-corrected chi connectivity index (χ4v) is 3.33. The number of anilines is 1. The van der Waals surface area contributed by atoms with Crippen molar-refractivity contribution in [3.8, 4) is 0 Å². The predicted molar refractivity (Wildman–Crippen MR) is 101 cm³/mol. The van der Waals surface area contributed by atoms with Crippen molar-refractivity contribution in [3.63, 3.8) is 0 Å². The van der Waals surface area contributed by atoms with E-state index in [2.05, 4.69) is 17.0 Å². The monoisotopic (exact) mass is 353 g/mol. The molecular weight excluding hydrogens is 330 g/mol. The van der Waals surface area contributed by atoms with Crippen molar-refractivity contribution in [2.45, 2.75) is 25.8 Å². The van der Waals surface area contributed by atoms with Crippen LogP contribution in [0.3, 0.4) is 0 Å². The van der Waals surface area contributed by atoms with E-state index < -0.39 is 4.92 Å². The average molecular weight is 353 g/mol. The molecule has 0 N–H and O–H groups in total. The van der Waals surface area contributed by atoms with Gasteiger partial charge in [-0.05, 0) is 43.0 Å². The molecule has 0 aliphatic carbocycles. The number of carbonyl (C=O) groups is 1. The summed E-state index contributed by atoms with van der Waals surface area (Å²) in [6.45, 7) is 2.59. The Labute approximate surface area is 153 Å². The first-order valence-electron chi connectivity index (χ1n) is 8.89. The van der Waals surface area contributed by atoms with Gasteiger partial charge in [-0.15, -0.1) is 0 Å². The van der Waals surface area contributed by atoms with Crippen LogP contribution in [-0.4, -0.2) is 35.9 Å². The molecule has 0 spiro atoms. The lowest BCUT2D eigenvalue weighted by Crippen LogP contribution is -2.29. The van der Waals surface area contributed by atoms with E-state index in [0.717, 1.165) is 18.7 Å². The maximum atomic E-state index is 12.6. The molecule has 1 aliphatic heterocycles. The van der Waals surface area contributed by atoms with Gasteiger partial charge in [-0.3, -0.25) is 14.9 Å². The van der Waals surface area contributed by atoms with Gasteiger partial charge in [0.05, 0.1) is 4.92 Å². The van der Waals surface area contributed by atoms with Gasteiger partial charge in [0.2, 0.25) is 0 Å². The predicted octanol–water partition coefficient (Wildman–Crippen LogP) is 3.86. The number of hydrogen-bond donors (Lipinski definition) is 0. The molecule has 1 heterocycles. The van der Waals surface area contributed by atoms with Crippen molar-refractivity contribution in [2.24, 2.45) is 0 Å². The van der Waals surface area contributed by atoms with Gasteiger partial charge in [0, 0.05) is 38.4 Å². The number of hydrogen-bond acceptors (Lipinski definition) is 4. The third-order valence-corrected chi connectivity index (χ3v) is 4.76. The highest BCUT2D eigenvalue weighted by Gasteiger charge is 2.22. The van der Waals surface area contributed by atoms with Crippen molar-refractivity contribution in [3.05, 3.63) is 69.8 Å². The molecule has 26 heavy (non-hydrogen) atoms. The zero-order valence-electron chi connectivity index (χ0n) is 14.9. The minimum atomic E-state index is -0.519. The van der Waals surface area contributed by atoms with E-state index in [1.54, 1.807) is 19.2 Å². The van der Waals surface area contributed by atoms with Crippen LogP contribution >= 0.6 is 0 Å². The lowest BCUT2D eigenvalue weighted by Gasteiger charge is -2.29. The third-order valence-electron chi connectivity index (χ3n) is 4.76. The van der Waals surface area contributed by atoms with Crippen LogP contribution < -0.4 is 4.90 Å². The number of nitro groups is 1. The van der Waals surface area contributed by atoms with Crippen LogP contribution in [0.25, 0.3) is 0 Å². The Hall–Kier alpha value is -2.89. The van der Waals surface area contributed by atoms with Gasteiger partial charge in [-0.2, -0.15) is 0 Å². The minimum Gasteiger partial charge on any atom is -0.372 e. The first-order valence-corrected chi connectivity index (χ1v) is 8.89. The van der Waals surface area contributed by atoms with E-state index >= 15 is 0 Å². The molecule has 0 radical (unpaired) electrons. The van der Waals surface area contributed by atoms with E-state index in [9.17, 15) is 14.9 Å². The SMILES string of the molecule is CN(Cc1ccc(N2CCCCC2)cc1)C(=O)c1ccccc1[N+](=O)[O-]. The molecule has 136 valence electrons. The normalized spacial score (nSPS) is 14.1. The molecule has 3 rings (SSSR count). The Bertz CT molecular complexity index is 783. The summed E-state index contributed by atoms with van der Waals surface area (Å²) in [5, 5.41) is 11.1. The Kier molecular flexibility index (Phi) is 5.51. The van der Waals surface area contributed by atoms with Gasteiger partial charge in [0.1, 0.15) is 5.56 Å². The van der Waals surface area contributed by atoms with Crippen molar-refractivity contribution in [1.82, 2.24) is 4.90 Å². The van der Waals surface area contributed by atoms with Crippen LogP contribution in [0.1, 0.15) is 35.2 Å². The zero-order valence-corrected chi connectivity index (χ0v) is 14.9. The van der Waals surface area contributed by atoms with E-state index in [-0.39, 0.29) is 17.2 Å². The molecule has 1 amide bonds. The van der Waals surface area contributed by atoms with Gasteiger partial charge in [-0.1, -0.05) is 24.3 Å². The van der Waals surface area contributed by atoms with Crippen LogP contribution in [0.4, 0.5) is 11.4 Å². The Morgan fingerprint density at radius 1 is 1.08 bits per heavy atom. The summed E-state index contributed by atoms with van der Waals surface area (Å²) in [5.74, 6) is -0.350. The highest BCUT2D eigenvalue weighted by molar-refractivity contribution is 5.97. The number of piperidine rings is 1. The second-order valence-electron chi connectivity index (χ2n) is 6.65. The minimum absolute atomic E-state index is 0.116. The Morgan fingerprint density at radius 2 is 1.73 bits per heavy atom. The first-order chi connectivity index (χ1) is 12.6. The molecule has 6 nitrogen and oxygen atoms in total. The van der Waals surface area contributed by atoms with Crippen molar-refractivity contribution < 1.29 is 9.72 Å².